The average molecular weight is 375 g/mol. The van der Waals surface area contributed by atoms with Crippen LogP contribution in [-0.4, -0.2) is 30.2 Å². The zero-order valence-corrected chi connectivity index (χ0v) is 15.3. The maximum atomic E-state index is 12.9. The summed E-state index contributed by atoms with van der Waals surface area (Å²) in [7, 11) is 0. The van der Waals surface area contributed by atoms with E-state index < -0.39 is 6.29 Å². The fourth-order valence-electron chi connectivity index (χ4n) is 2.99. The fourth-order valence-corrected chi connectivity index (χ4v) is 2.99. The summed E-state index contributed by atoms with van der Waals surface area (Å²) < 4.78 is 11.9. The number of hydrogen-bond donors (Lipinski definition) is 0. The Bertz CT molecular complexity index is 886. The van der Waals surface area contributed by atoms with Crippen molar-refractivity contribution in [2.24, 2.45) is 0 Å². The van der Waals surface area contributed by atoms with Crippen LogP contribution in [-0.2, 0) is 9.57 Å². The van der Waals surface area contributed by atoms with Crippen molar-refractivity contribution in [2.45, 2.75) is 12.4 Å². The molecule has 4 rings (SSSR count). The highest BCUT2D eigenvalue weighted by atomic mass is 16.8. The number of carbonyl (C=O) groups excluding carboxylic acids is 1. The second kappa shape index (κ2) is 8.69. The molecular formula is C23H21NO4. The van der Waals surface area contributed by atoms with E-state index in [9.17, 15) is 4.79 Å². The van der Waals surface area contributed by atoms with E-state index in [0.717, 1.165) is 11.3 Å². The molecule has 3 aromatic carbocycles. The van der Waals surface area contributed by atoms with Gasteiger partial charge in [-0.05, 0) is 24.3 Å². The minimum Gasteiger partial charge on any atom is -0.491 e. The molecule has 28 heavy (non-hydrogen) atoms. The van der Waals surface area contributed by atoms with E-state index in [1.165, 1.54) is 5.06 Å². The van der Waals surface area contributed by atoms with Gasteiger partial charge < -0.3 is 9.47 Å². The van der Waals surface area contributed by atoms with Crippen LogP contribution in [0.3, 0.4) is 0 Å². The van der Waals surface area contributed by atoms with E-state index in [0.29, 0.717) is 12.2 Å². The second-order valence-electron chi connectivity index (χ2n) is 6.46. The smallest absolute Gasteiger partial charge is 0.277 e. The van der Waals surface area contributed by atoms with E-state index >= 15 is 0 Å². The molecule has 1 amide bonds. The third-order valence-electron chi connectivity index (χ3n) is 4.41. The average Bonchev–Trinajstić information content (AvgIpc) is 2.79. The predicted molar refractivity (Wildman–Crippen MR) is 105 cm³/mol. The lowest BCUT2D eigenvalue weighted by Gasteiger charge is -2.37. The fraction of sp³-hybridized carbons (Fsp3) is 0.174. The van der Waals surface area contributed by atoms with Gasteiger partial charge in [-0.1, -0.05) is 66.7 Å². The summed E-state index contributed by atoms with van der Waals surface area (Å²) in [5, 5.41) is 1.37. The summed E-state index contributed by atoms with van der Waals surface area (Å²) in [6, 6.07) is 28.2. The van der Waals surface area contributed by atoms with Crippen molar-refractivity contribution in [3.05, 3.63) is 102 Å². The number of nitrogens with zero attached hydrogens (tertiary/aromatic N) is 1. The summed E-state index contributed by atoms with van der Waals surface area (Å²) in [5.74, 6) is 0.560. The predicted octanol–water partition coefficient (Wildman–Crippen LogP) is 4.24. The number of rotatable bonds is 5. The number of hydroxylamine groups is 2. The molecule has 0 bridgehead atoms. The molecular weight excluding hydrogens is 354 g/mol. The van der Waals surface area contributed by atoms with Crippen molar-refractivity contribution < 1.29 is 19.1 Å². The number of para-hydroxylation sites is 1. The highest BCUT2D eigenvalue weighted by molar-refractivity contribution is 5.93. The van der Waals surface area contributed by atoms with Crippen LogP contribution in [0.4, 0.5) is 0 Å². The molecule has 1 fully saturated rings. The third-order valence-corrected chi connectivity index (χ3v) is 4.41. The van der Waals surface area contributed by atoms with Crippen molar-refractivity contribution in [1.29, 1.82) is 0 Å². The van der Waals surface area contributed by atoms with Crippen LogP contribution in [0.2, 0.25) is 0 Å². The minimum absolute atomic E-state index is 0.199. The molecule has 0 spiro atoms. The molecule has 142 valence electrons. The van der Waals surface area contributed by atoms with E-state index in [1.807, 2.05) is 78.9 Å². The van der Waals surface area contributed by atoms with Gasteiger partial charge in [-0.15, -0.1) is 0 Å². The summed E-state index contributed by atoms with van der Waals surface area (Å²) in [4.78, 5) is 18.8. The van der Waals surface area contributed by atoms with Crippen LogP contribution in [0.25, 0.3) is 0 Å². The first-order chi connectivity index (χ1) is 13.8. The first-order valence-electron chi connectivity index (χ1n) is 9.21. The van der Waals surface area contributed by atoms with Crippen molar-refractivity contribution in [2.75, 3.05) is 13.2 Å². The van der Waals surface area contributed by atoms with Gasteiger partial charge in [-0.2, -0.15) is 0 Å². The summed E-state index contributed by atoms with van der Waals surface area (Å²) >= 11 is 0. The molecule has 1 saturated heterocycles. The molecule has 0 N–H and O–H groups in total. The van der Waals surface area contributed by atoms with Crippen LogP contribution in [0.5, 0.6) is 5.75 Å². The van der Waals surface area contributed by atoms with Gasteiger partial charge in [0.25, 0.3) is 5.91 Å². The lowest BCUT2D eigenvalue weighted by molar-refractivity contribution is -0.325. The molecule has 5 nitrogen and oxygen atoms in total. The van der Waals surface area contributed by atoms with Gasteiger partial charge in [-0.25, -0.2) is 9.90 Å². The quantitative estimate of drug-likeness (QED) is 0.669. The number of carbonyl (C=O) groups is 1. The maximum Gasteiger partial charge on any atom is 0.277 e. The topological polar surface area (TPSA) is 48.0 Å². The summed E-state index contributed by atoms with van der Waals surface area (Å²) in [6.07, 6.45) is -1.00. The molecule has 0 aromatic heterocycles. The van der Waals surface area contributed by atoms with Crippen LogP contribution < -0.4 is 4.74 Å². The molecule has 0 radical (unpaired) electrons. The summed E-state index contributed by atoms with van der Waals surface area (Å²) in [5.41, 5.74) is 1.41. The SMILES string of the molecule is O=C(c1ccccc1)N1C[C@@H](COc2ccccc2)O[C@H](c2ccccc2)O1. The Morgan fingerprint density at radius 2 is 1.50 bits per heavy atom. The van der Waals surface area contributed by atoms with Gasteiger partial charge in [0.15, 0.2) is 0 Å². The standard InChI is InChI=1S/C23H21NO4/c25-22(18-10-4-1-5-11-18)24-16-21(17-26-20-14-8-3-9-15-20)27-23(28-24)19-12-6-2-7-13-19/h1-15,21,23H,16-17H2/t21-,23-/m0/s1. The number of amides is 1. The van der Waals surface area contributed by atoms with Gasteiger partial charge in [-0.3, -0.25) is 4.79 Å². The molecule has 5 heteroatoms. The number of hydrogen-bond acceptors (Lipinski definition) is 4. The van der Waals surface area contributed by atoms with Gasteiger partial charge in [0.05, 0.1) is 6.54 Å². The van der Waals surface area contributed by atoms with E-state index in [4.69, 9.17) is 14.3 Å². The Hall–Kier alpha value is -3.15. The van der Waals surface area contributed by atoms with Gasteiger partial charge in [0, 0.05) is 11.1 Å². The van der Waals surface area contributed by atoms with Crippen molar-refractivity contribution >= 4 is 5.91 Å². The van der Waals surface area contributed by atoms with Gasteiger partial charge in [0.2, 0.25) is 6.29 Å². The Morgan fingerprint density at radius 3 is 2.18 bits per heavy atom. The molecule has 1 heterocycles. The van der Waals surface area contributed by atoms with E-state index in [1.54, 1.807) is 12.1 Å². The molecule has 2 atom stereocenters. The molecule has 0 aliphatic carbocycles. The first-order valence-corrected chi connectivity index (χ1v) is 9.21. The molecule has 0 unspecified atom stereocenters. The molecule has 0 saturated carbocycles. The van der Waals surface area contributed by atoms with E-state index in [2.05, 4.69) is 0 Å². The first kappa shape index (κ1) is 18.2. The van der Waals surface area contributed by atoms with Crippen molar-refractivity contribution in [3.63, 3.8) is 0 Å². The second-order valence-corrected chi connectivity index (χ2v) is 6.46. The maximum absolute atomic E-state index is 12.9. The van der Waals surface area contributed by atoms with Gasteiger partial charge >= 0.3 is 0 Å². The number of benzene rings is 3. The zero-order valence-electron chi connectivity index (χ0n) is 15.3. The lowest BCUT2D eigenvalue weighted by atomic mass is 10.2. The van der Waals surface area contributed by atoms with Crippen molar-refractivity contribution in [3.8, 4) is 5.75 Å². The zero-order chi connectivity index (χ0) is 19.2. The number of ether oxygens (including phenoxy) is 2. The molecule has 1 aliphatic heterocycles. The lowest BCUT2D eigenvalue weighted by Crippen LogP contribution is -2.47. The molecule has 3 aromatic rings. The third kappa shape index (κ3) is 4.39. The normalized spacial score (nSPS) is 19.2. The Labute approximate surface area is 164 Å². The van der Waals surface area contributed by atoms with Crippen LogP contribution in [0.1, 0.15) is 22.2 Å². The monoisotopic (exact) mass is 375 g/mol. The van der Waals surface area contributed by atoms with Crippen LogP contribution >= 0.6 is 0 Å². The highest BCUT2D eigenvalue weighted by Gasteiger charge is 2.33. The Kier molecular flexibility index (Phi) is 5.66. The van der Waals surface area contributed by atoms with E-state index in [-0.39, 0.29) is 18.6 Å². The minimum atomic E-state index is -0.674. The Balaban J connectivity index is 1.51. The Morgan fingerprint density at radius 1 is 0.893 bits per heavy atom. The van der Waals surface area contributed by atoms with Crippen LogP contribution in [0, 0.1) is 0 Å². The van der Waals surface area contributed by atoms with Gasteiger partial charge in [0.1, 0.15) is 18.5 Å². The largest absolute Gasteiger partial charge is 0.491 e. The molecule has 1 aliphatic rings. The summed E-state index contributed by atoms with van der Waals surface area (Å²) in [6.45, 7) is 0.596. The highest BCUT2D eigenvalue weighted by Crippen LogP contribution is 2.28. The van der Waals surface area contributed by atoms with Crippen LogP contribution in [0.15, 0.2) is 91.0 Å². The van der Waals surface area contributed by atoms with Crippen molar-refractivity contribution in [1.82, 2.24) is 5.06 Å².